The second kappa shape index (κ2) is 14.2. The van der Waals surface area contributed by atoms with E-state index in [1.807, 2.05) is 97.9 Å². The van der Waals surface area contributed by atoms with E-state index in [-0.39, 0.29) is 62.2 Å². The van der Waals surface area contributed by atoms with Crippen LogP contribution in [0.4, 0.5) is 9.93 Å². The molecule has 40 heavy (non-hydrogen) atoms. The second-order valence-electron chi connectivity index (χ2n) is 9.26. The van der Waals surface area contributed by atoms with Gasteiger partial charge in [-0.3, -0.25) is 5.32 Å². The van der Waals surface area contributed by atoms with Gasteiger partial charge in [-0.1, -0.05) is 103 Å². The number of benzene rings is 3. The molecule has 0 aliphatic heterocycles. The molecular formula is C30H28KN3O5S. The van der Waals surface area contributed by atoms with Crippen LogP contribution in [0.2, 0.25) is 0 Å². The first-order valence-corrected chi connectivity index (χ1v) is 13.2. The fourth-order valence-electron chi connectivity index (χ4n) is 3.86. The van der Waals surface area contributed by atoms with Crippen LogP contribution in [0.3, 0.4) is 0 Å². The Balaban J connectivity index is 0.00000441. The summed E-state index contributed by atoms with van der Waals surface area (Å²) in [6.45, 7) is 5.48. The van der Waals surface area contributed by atoms with Gasteiger partial charge in [0.25, 0.3) is 0 Å². The number of anilines is 1. The van der Waals surface area contributed by atoms with E-state index in [1.54, 1.807) is 13.8 Å². The van der Waals surface area contributed by atoms with Gasteiger partial charge in [0.2, 0.25) is 5.60 Å². The first kappa shape index (κ1) is 31.7. The number of aromatic nitrogens is 1. The van der Waals surface area contributed by atoms with Crippen LogP contribution < -0.4 is 61.8 Å². The number of hydrogen-bond acceptors (Lipinski definition) is 8. The molecule has 0 spiro atoms. The van der Waals surface area contributed by atoms with Gasteiger partial charge in [0.15, 0.2) is 10.8 Å². The standard InChI is InChI=1S/C30H29N3O5S.K/c1-4-29(2,3)37-28(36)32-27-31-24(20-39-27)25(26(34)35)33-38-30(21-14-8-5-9-15-21,22-16-10-6-11-17-22)23-18-12-7-13-19-23;/h5-20H,4H2,1-3H3,(H,34,35)(H,31,32,36);/q;+1/p-1. The molecule has 0 unspecified atom stereocenters. The number of carbonyl (C=O) groups is 2. The molecule has 8 nitrogen and oxygen atoms in total. The summed E-state index contributed by atoms with van der Waals surface area (Å²) in [6.07, 6.45) is -0.0730. The van der Waals surface area contributed by atoms with Gasteiger partial charge < -0.3 is 19.5 Å². The van der Waals surface area contributed by atoms with Gasteiger partial charge >= 0.3 is 57.5 Å². The number of hydrogen-bond donors (Lipinski definition) is 1. The number of carboxylic acid groups (broad SMARTS) is 1. The van der Waals surface area contributed by atoms with Crippen molar-refractivity contribution in [3.05, 3.63) is 119 Å². The number of ether oxygens (including phenoxy) is 1. The number of nitrogens with one attached hydrogen (secondary N) is 1. The van der Waals surface area contributed by atoms with Crippen molar-refractivity contribution in [1.29, 1.82) is 0 Å². The molecule has 0 saturated heterocycles. The van der Waals surface area contributed by atoms with Gasteiger partial charge in [-0.15, -0.1) is 11.3 Å². The van der Waals surface area contributed by atoms with Gasteiger partial charge in [-0.2, -0.15) is 0 Å². The molecule has 1 heterocycles. The summed E-state index contributed by atoms with van der Waals surface area (Å²) >= 11 is 1.03. The maximum absolute atomic E-state index is 12.3. The molecular weight excluding hydrogens is 554 g/mol. The Kier molecular flexibility index (Phi) is 11.2. The van der Waals surface area contributed by atoms with Crippen molar-refractivity contribution >= 4 is 34.2 Å². The van der Waals surface area contributed by atoms with E-state index >= 15 is 0 Å². The maximum atomic E-state index is 12.3. The van der Waals surface area contributed by atoms with E-state index in [0.717, 1.165) is 28.0 Å². The third kappa shape index (κ3) is 7.45. The SMILES string of the molecule is CCC(C)(C)OC(=O)Nc1nc(C(=NOC(c2ccccc2)(c2ccccc2)c2ccccc2)C(=O)[O-])cs1.[K+]. The molecule has 0 saturated carbocycles. The zero-order valence-corrected chi connectivity index (χ0v) is 26.7. The maximum Gasteiger partial charge on any atom is 1.00 e. The Bertz CT molecular complexity index is 1350. The Morgan fingerprint density at radius 3 is 1.80 bits per heavy atom. The summed E-state index contributed by atoms with van der Waals surface area (Å²) in [7, 11) is 0. The fraction of sp³-hybridized carbons (Fsp3) is 0.200. The number of carboxylic acids is 1. The van der Waals surface area contributed by atoms with Gasteiger partial charge in [0, 0.05) is 22.1 Å². The summed E-state index contributed by atoms with van der Waals surface area (Å²) in [5.74, 6) is -1.58. The second-order valence-corrected chi connectivity index (χ2v) is 10.1. The molecule has 10 heteroatoms. The molecule has 1 N–H and O–H groups in total. The van der Waals surface area contributed by atoms with Gasteiger partial charge in [-0.25, -0.2) is 9.78 Å². The van der Waals surface area contributed by atoms with Gasteiger partial charge in [0.1, 0.15) is 11.3 Å². The largest absolute Gasteiger partial charge is 1.00 e. The van der Waals surface area contributed by atoms with Gasteiger partial charge in [0.05, 0.1) is 5.97 Å². The summed E-state index contributed by atoms with van der Waals surface area (Å²) in [5.41, 5.74) is -0.258. The summed E-state index contributed by atoms with van der Waals surface area (Å²) in [6, 6.07) is 28.3. The average molecular weight is 582 g/mol. The normalized spacial score (nSPS) is 11.7. The molecule has 1 amide bonds. The minimum atomic E-state index is -1.58. The van der Waals surface area contributed by atoms with E-state index in [2.05, 4.69) is 15.5 Å². The zero-order valence-electron chi connectivity index (χ0n) is 22.8. The number of rotatable bonds is 10. The van der Waals surface area contributed by atoms with E-state index in [9.17, 15) is 14.7 Å². The third-order valence-electron chi connectivity index (χ3n) is 6.18. The Labute approximate surface area is 279 Å². The van der Waals surface area contributed by atoms with Crippen LogP contribution in [0.5, 0.6) is 0 Å². The van der Waals surface area contributed by atoms with Crippen LogP contribution in [0.1, 0.15) is 49.6 Å². The molecule has 1 aromatic heterocycles. The van der Waals surface area contributed by atoms with Crippen LogP contribution in [-0.4, -0.2) is 28.4 Å². The van der Waals surface area contributed by atoms with E-state index in [0.29, 0.717) is 6.42 Å². The van der Waals surface area contributed by atoms with Crippen molar-refractivity contribution in [1.82, 2.24) is 4.98 Å². The van der Waals surface area contributed by atoms with Crippen LogP contribution in [-0.2, 0) is 20.0 Å². The molecule has 0 fully saturated rings. The number of amides is 1. The van der Waals surface area contributed by atoms with Gasteiger partial charge in [-0.05, 0) is 20.3 Å². The molecule has 0 aliphatic rings. The van der Waals surface area contributed by atoms with Crippen molar-refractivity contribution in [2.24, 2.45) is 5.16 Å². The first-order valence-electron chi connectivity index (χ1n) is 12.3. The van der Waals surface area contributed by atoms with Crippen LogP contribution >= 0.6 is 11.3 Å². The molecule has 0 bridgehead atoms. The number of carbonyl (C=O) groups excluding carboxylic acids is 2. The average Bonchev–Trinajstić information content (AvgIpc) is 3.39. The summed E-state index contributed by atoms with van der Waals surface area (Å²) in [5, 5.41) is 20.5. The minimum Gasteiger partial charge on any atom is -0.543 e. The number of nitrogens with zero attached hydrogens (tertiary/aromatic N) is 2. The predicted molar refractivity (Wildman–Crippen MR) is 148 cm³/mol. The Morgan fingerprint density at radius 2 is 1.38 bits per heavy atom. The quantitative estimate of drug-likeness (QED) is 0.133. The Hall–Kier alpha value is -2.86. The van der Waals surface area contributed by atoms with Crippen molar-refractivity contribution < 1.29 is 75.7 Å². The first-order chi connectivity index (χ1) is 18.7. The molecule has 0 atom stereocenters. The van der Waals surface area contributed by atoms with Crippen LogP contribution in [0, 0.1) is 0 Å². The molecule has 3 aromatic carbocycles. The van der Waals surface area contributed by atoms with Crippen molar-refractivity contribution in [2.75, 3.05) is 5.32 Å². The minimum absolute atomic E-state index is 0. The molecule has 200 valence electrons. The van der Waals surface area contributed by atoms with E-state index in [1.165, 1.54) is 5.38 Å². The number of aliphatic carboxylic acids is 1. The molecule has 4 rings (SSSR count). The molecule has 0 radical (unpaired) electrons. The van der Waals surface area contributed by atoms with Crippen LogP contribution in [0.25, 0.3) is 0 Å². The topological polar surface area (TPSA) is 113 Å². The number of thiazole rings is 1. The summed E-state index contributed by atoms with van der Waals surface area (Å²) < 4.78 is 5.38. The predicted octanol–water partition coefficient (Wildman–Crippen LogP) is 2.35. The van der Waals surface area contributed by atoms with E-state index < -0.39 is 29.0 Å². The summed E-state index contributed by atoms with van der Waals surface area (Å²) in [4.78, 5) is 35.0. The van der Waals surface area contributed by atoms with Crippen LogP contribution in [0.15, 0.2) is 102 Å². The fourth-order valence-corrected chi connectivity index (χ4v) is 4.54. The Morgan fingerprint density at radius 1 is 0.900 bits per heavy atom. The smallest absolute Gasteiger partial charge is 0.543 e. The van der Waals surface area contributed by atoms with Crippen molar-refractivity contribution in [3.8, 4) is 0 Å². The van der Waals surface area contributed by atoms with Crippen molar-refractivity contribution in [3.63, 3.8) is 0 Å². The molecule has 4 aromatic rings. The van der Waals surface area contributed by atoms with E-state index in [4.69, 9.17) is 9.57 Å². The van der Waals surface area contributed by atoms with Crippen molar-refractivity contribution in [2.45, 2.75) is 38.4 Å². The third-order valence-corrected chi connectivity index (χ3v) is 6.94. The zero-order chi connectivity index (χ0) is 27.9. The monoisotopic (exact) mass is 581 g/mol. The number of oxime groups is 1. The molecule has 0 aliphatic carbocycles.